The molecule has 1 heterocycles. The van der Waals surface area contributed by atoms with Crippen molar-refractivity contribution >= 4 is 23.0 Å². The summed E-state index contributed by atoms with van der Waals surface area (Å²) in [5.74, 6) is -0.277. The van der Waals surface area contributed by atoms with Crippen molar-refractivity contribution in [2.45, 2.75) is 26.4 Å². The second-order valence-corrected chi connectivity index (χ2v) is 7.16. The van der Waals surface area contributed by atoms with E-state index >= 15 is 0 Å². The van der Waals surface area contributed by atoms with Gasteiger partial charge in [0, 0.05) is 31.3 Å². The van der Waals surface area contributed by atoms with Crippen LogP contribution in [-0.2, 0) is 11.3 Å². The van der Waals surface area contributed by atoms with Crippen molar-refractivity contribution in [1.82, 2.24) is 0 Å². The Hall–Kier alpha value is -3.49. The first-order chi connectivity index (χ1) is 13.8. The van der Waals surface area contributed by atoms with E-state index in [-0.39, 0.29) is 23.5 Å². The van der Waals surface area contributed by atoms with Crippen LogP contribution in [0.3, 0.4) is 0 Å². The quantitative estimate of drug-likeness (QED) is 0.408. The summed E-state index contributed by atoms with van der Waals surface area (Å²) in [6.45, 7) is 3.41. The van der Waals surface area contributed by atoms with Gasteiger partial charge in [-0.1, -0.05) is 19.1 Å². The van der Waals surface area contributed by atoms with Gasteiger partial charge >= 0.3 is 5.97 Å². The number of non-ortho nitro benzene ring substituents is 1. The Morgan fingerprint density at radius 2 is 1.97 bits per heavy atom. The van der Waals surface area contributed by atoms with Crippen LogP contribution >= 0.6 is 0 Å². The zero-order chi connectivity index (χ0) is 21.0. The molecule has 2 aromatic carbocycles. The molecule has 29 heavy (non-hydrogen) atoms. The van der Waals surface area contributed by atoms with E-state index in [0.717, 1.165) is 25.9 Å². The molecule has 1 atom stereocenters. The number of hydrogen-bond donors (Lipinski definition) is 0. The number of carbonyl (C=O) groups is 1. The number of nitro benzene ring substituents is 2. The molecule has 9 heteroatoms. The molecule has 0 saturated carbocycles. The van der Waals surface area contributed by atoms with Crippen molar-refractivity contribution in [1.29, 1.82) is 0 Å². The van der Waals surface area contributed by atoms with Crippen LogP contribution in [0.15, 0.2) is 42.5 Å². The highest BCUT2D eigenvalue weighted by atomic mass is 16.6. The summed E-state index contributed by atoms with van der Waals surface area (Å²) in [5.41, 5.74) is 0.784. The molecule has 0 bridgehead atoms. The van der Waals surface area contributed by atoms with Gasteiger partial charge in [-0.15, -0.1) is 0 Å². The molecule has 1 saturated heterocycles. The molecule has 0 aromatic heterocycles. The lowest BCUT2D eigenvalue weighted by molar-refractivity contribution is -0.385. The minimum atomic E-state index is -0.724. The molecule has 0 N–H and O–H groups in total. The van der Waals surface area contributed by atoms with Crippen LogP contribution in [0.5, 0.6) is 0 Å². The summed E-state index contributed by atoms with van der Waals surface area (Å²) in [7, 11) is 0. The van der Waals surface area contributed by atoms with Gasteiger partial charge in [-0.25, -0.2) is 4.79 Å². The normalized spacial score (nSPS) is 16.3. The first-order valence-corrected chi connectivity index (χ1v) is 9.29. The van der Waals surface area contributed by atoms with Gasteiger partial charge in [0.25, 0.3) is 11.4 Å². The fraction of sp³-hybridized carbons (Fsp3) is 0.350. The van der Waals surface area contributed by atoms with Crippen LogP contribution in [-0.4, -0.2) is 28.9 Å². The Morgan fingerprint density at radius 3 is 2.66 bits per heavy atom. The SMILES string of the molecule is CC1CCCN(c2ccc(C(=O)OCc3cccc([N+](=O)[O-])c3)cc2[N+](=O)[O-])C1. The smallest absolute Gasteiger partial charge is 0.338 e. The Labute approximate surface area is 167 Å². The molecule has 1 unspecified atom stereocenters. The Bertz CT molecular complexity index is 946. The number of nitro groups is 2. The number of nitrogens with zero attached hydrogens (tertiary/aromatic N) is 3. The van der Waals surface area contributed by atoms with Gasteiger partial charge in [-0.05, 0) is 36.5 Å². The van der Waals surface area contributed by atoms with E-state index in [0.29, 0.717) is 17.2 Å². The van der Waals surface area contributed by atoms with Gasteiger partial charge in [0.2, 0.25) is 0 Å². The third-order valence-electron chi connectivity index (χ3n) is 4.90. The third-order valence-corrected chi connectivity index (χ3v) is 4.90. The number of ether oxygens (including phenoxy) is 1. The van der Waals surface area contributed by atoms with E-state index in [1.807, 2.05) is 4.90 Å². The molecule has 0 aliphatic carbocycles. The van der Waals surface area contributed by atoms with Crippen LogP contribution in [0.1, 0.15) is 35.7 Å². The van der Waals surface area contributed by atoms with Crippen LogP contribution in [0.2, 0.25) is 0 Å². The largest absolute Gasteiger partial charge is 0.457 e. The summed E-state index contributed by atoms with van der Waals surface area (Å²) in [5, 5.41) is 22.4. The van der Waals surface area contributed by atoms with E-state index in [1.54, 1.807) is 12.1 Å². The lowest BCUT2D eigenvalue weighted by Gasteiger charge is -2.32. The van der Waals surface area contributed by atoms with E-state index in [2.05, 4.69) is 6.92 Å². The molecule has 1 aliphatic heterocycles. The maximum Gasteiger partial charge on any atom is 0.338 e. The summed E-state index contributed by atoms with van der Waals surface area (Å²) in [6, 6.07) is 10.1. The predicted octanol–water partition coefficient (Wildman–Crippen LogP) is 4.10. The van der Waals surface area contributed by atoms with Crippen molar-refractivity contribution in [3.8, 4) is 0 Å². The second-order valence-electron chi connectivity index (χ2n) is 7.16. The summed E-state index contributed by atoms with van der Waals surface area (Å²) >= 11 is 0. The molecular weight excluding hydrogens is 378 g/mol. The van der Waals surface area contributed by atoms with Gasteiger partial charge in [0.15, 0.2) is 0 Å². The molecule has 3 rings (SSSR count). The maximum absolute atomic E-state index is 12.4. The molecule has 2 aromatic rings. The zero-order valence-electron chi connectivity index (χ0n) is 15.9. The standard InChI is InChI=1S/C20H21N3O6/c1-14-4-3-9-21(12-14)18-8-7-16(11-19(18)23(27)28)20(24)29-13-15-5-2-6-17(10-15)22(25)26/h2,5-8,10-11,14H,3-4,9,12-13H2,1H3. The number of carbonyl (C=O) groups excluding carboxylic acids is 1. The van der Waals surface area contributed by atoms with Gasteiger partial charge in [-0.3, -0.25) is 20.2 Å². The fourth-order valence-corrected chi connectivity index (χ4v) is 3.46. The average Bonchev–Trinajstić information content (AvgIpc) is 2.71. The topological polar surface area (TPSA) is 116 Å². The minimum absolute atomic E-state index is 0.0657. The fourth-order valence-electron chi connectivity index (χ4n) is 3.46. The first-order valence-electron chi connectivity index (χ1n) is 9.29. The lowest BCUT2D eigenvalue weighted by atomic mass is 9.99. The number of anilines is 1. The number of rotatable bonds is 6. The zero-order valence-corrected chi connectivity index (χ0v) is 15.9. The Balaban J connectivity index is 1.75. The van der Waals surface area contributed by atoms with Gasteiger partial charge in [0.1, 0.15) is 12.3 Å². The lowest BCUT2D eigenvalue weighted by Crippen LogP contribution is -2.34. The van der Waals surface area contributed by atoms with Gasteiger partial charge in [-0.2, -0.15) is 0 Å². The number of hydrogen-bond acceptors (Lipinski definition) is 7. The second kappa shape index (κ2) is 8.68. The number of benzene rings is 2. The van der Waals surface area contributed by atoms with Gasteiger partial charge < -0.3 is 9.64 Å². The van der Waals surface area contributed by atoms with E-state index < -0.39 is 15.8 Å². The molecule has 152 valence electrons. The summed E-state index contributed by atoms with van der Waals surface area (Å²) in [6.07, 6.45) is 2.05. The number of piperidine rings is 1. The Kier molecular flexibility index (Phi) is 6.06. The molecule has 1 fully saturated rings. The summed E-state index contributed by atoms with van der Waals surface area (Å²) < 4.78 is 5.19. The molecule has 0 radical (unpaired) electrons. The molecule has 9 nitrogen and oxygen atoms in total. The van der Waals surface area contributed by atoms with Crippen molar-refractivity contribution in [3.63, 3.8) is 0 Å². The van der Waals surface area contributed by atoms with Crippen LogP contribution in [0.4, 0.5) is 17.1 Å². The van der Waals surface area contributed by atoms with Crippen LogP contribution in [0.25, 0.3) is 0 Å². The van der Waals surface area contributed by atoms with E-state index in [9.17, 15) is 25.0 Å². The van der Waals surface area contributed by atoms with Crippen molar-refractivity contribution in [3.05, 3.63) is 73.8 Å². The van der Waals surface area contributed by atoms with Crippen LogP contribution < -0.4 is 4.90 Å². The number of esters is 1. The average molecular weight is 399 g/mol. The summed E-state index contributed by atoms with van der Waals surface area (Å²) in [4.78, 5) is 35.7. The van der Waals surface area contributed by atoms with Crippen LogP contribution in [0, 0.1) is 26.1 Å². The third kappa shape index (κ3) is 4.87. The molecular formula is C20H21N3O6. The molecule has 1 aliphatic rings. The highest BCUT2D eigenvalue weighted by Crippen LogP contribution is 2.32. The highest BCUT2D eigenvalue weighted by molar-refractivity contribution is 5.91. The minimum Gasteiger partial charge on any atom is -0.457 e. The molecule has 0 spiro atoms. The highest BCUT2D eigenvalue weighted by Gasteiger charge is 2.25. The van der Waals surface area contributed by atoms with Crippen molar-refractivity contribution in [2.24, 2.45) is 5.92 Å². The van der Waals surface area contributed by atoms with E-state index in [1.165, 1.54) is 30.3 Å². The monoisotopic (exact) mass is 399 g/mol. The molecule has 0 amide bonds. The first kappa shape index (κ1) is 20.2. The Morgan fingerprint density at radius 1 is 1.17 bits per heavy atom. The maximum atomic E-state index is 12.4. The predicted molar refractivity (Wildman–Crippen MR) is 106 cm³/mol. The van der Waals surface area contributed by atoms with E-state index in [4.69, 9.17) is 4.74 Å². The van der Waals surface area contributed by atoms with Crippen molar-refractivity contribution in [2.75, 3.05) is 18.0 Å². The van der Waals surface area contributed by atoms with Gasteiger partial charge in [0.05, 0.1) is 15.4 Å². The van der Waals surface area contributed by atoms with Crippen molar-refractivity contribution < 1.29 is 19.4 Å².